The lowest BCUT2D eigenvalue weighted by Crippen LogP contribution is -2.48. The minimum Gasteiger partial charge on any atom is -0.395 e. The van der Waals surface area contributed by atoms with Gasteiger partial charge in [-0.15, -0.1) is 0 Å². The molecule has 1 saturated heterocycles. The van der Waals surface area contributed by atoms with Gasteiger partial charge in [0.15, 0.2) is 0 Å². The van der Waals surface area contributed by atoms with Crippen LogP contribution in [0.1, 0.15) is 82.9 Å². The second-order valence-electron chi connectivity index (χ2n) is 11.5. The van der Waals surface area contributed by atoms with Crippen molar-refractivity contribution in [3.63, 3.8) is 0 Å². The molecule has 33 heavy (non-hydrogen) atoms. The molecule has 1 aliphatic carbocycles. The molecule has 0 saturated carbocycles. The predicted octanol–water partition coefficient (Wildman–Crippen LogP) is 4.29. The second kappa shape index (κ2) is 9.89. The van der Waals surface area contributed by atoms with Crippen molar-refractivity contribution in [3.8, 4) is 0 Å². The molecule has 1 aromatic rings. The van der Waals surface area contributed by atoms with Crippen molar-refractivity contribution in [2.75, 3.05) is 39.3 Å². The number of aliphatic hydroxyl groups excluding tert-OH is 1. The van der Waals surface area contributed by atoms with Crippen LogP contribution in [-0.4, -0.2) is 66.1 Å². The van der Waals surface area contributed by atoms with E-state index in [1.54, 1.807) is 0 Å². The standard InChI is InChI=1S/C28H44N4O/c1-27(2)12-13-28(3,4)24-20-21(8-9-23(24)27)25-6-5-7-26(30-25)32-15-10-22(11-16-32)31(17-14-29)18-19-33/h6,8-9,20,22,33H,5,7,10-19,29H2,1-4H3. The van der Waals surface area contributed by atoms with Gasteiger partial charge in [-0.05, 0) is 60.1 Å². The van der Waals surface area contributed by atoms with Gasteiger partial charge in [0, 0.05) is 50.7 Å². The van der Waals surface area contributed by atoms with Crippen molar-refractivity contribution < 1.29 is 5.11 Å². The number of rotatable bonds is 6. The third-order valence-corrected chi connectivity index (χ3v) is 8.25. The topological polar surface area (TPSA) is 65.1 Å². The fourth-order valence-corrected chi connectivity index (χ4v) is 6.00. The first-order chi connectivity index (χ1) is 15.7. The van der Waals surface area contributed by atoms with E-state index in [9.17, 15) is 5.11 Å². The predicted molar refractivity (Wildman–Crippen MR) is 139 cm³/mol. The molecule has 2 heterocycles. The maximum absolute atomic E-state index is 9.40. The Balaban J connectivity index is 1.49. The molecular weight excluding hydrogens is 408 g/mol. The number of nitrogens with two attached hydrogens (primary N) is 1. The summed E-state index contributed by atoms with van der Waals surface area (Å²) in [7, 11) is 0. The van der Waals surface area contributed by atoms with Crippen LogP contribution in [0.15, 0.2) is 29.3 Å². The van der Waals surface area contributed by atoms with E-state index in [0.717, 1.165) is 57.6 Å². The third kappa shape index (κ3) is 5.21. The summed E-state index contributed by atoms with van der Waals surface area (Å²) in [5.74, 6) is 1.25. The maximum Gasteiger partial charge on any atom is 0.105 e. The Labute approximate surface area is 200 Å². The van der Waals surface area contributed by atoms with Gasteiger partial charge in [0.1, 0.15) is 5.84 Å². The molecule has 0 atom stereocenters. The Morgan fingerprint density at radius 3 is 2.42 bits per heavy atom. The molecule has 2 aliphatic heterocycles. The van der Waals surface area contributed by atoms with E-state index in [1.165, 1.54) is 35.4 Å². The van der Waals surface area contributed by atoms with E-state index < -0.39 is 0 Å². The van der Waals surface area contributed by atoms with Gasteiger partial charge in [-0.1, -0.05) is 45.9 Å². The summed E-state index contributed by atoms with van der Waals surface area (Å²) in [5, 5.41) is 9.40. The number of amidine groups is 1. The van der Waals surface area contributed by atoms with Gasteiger partial charge in [-0.25, -0.2) is 4.99 Å². The van der Waals surface area contributed by atoms with Crippen LogP contribution in [0.4, 0.5) is 0 Å². The van der Waals surface area contributed by atoms with E-state index in [1.807, 2.05) is 0 Å². The summed E-state index contributed by atoms with van der Waals surface area (Å²) in [4.78, 5) is 10.0. The first kappa shape index (κ1) is 24.4. The Bertz CT molecular complexity index is 887. The lowest BCUT2D eigenvalue weighted by molar-refractivity contribution is 0.113. The van der Waals surface area contributed by atoms with Crippen LogP contribution in [-0.2, 0) is 10.8 Å². The highest BCUT2D eigenvalue weighted by Crippen LogP contribution is 2.46. The highest BCUT2D eigenvalue weighted by Gasteiger charge is 2.37. The fraction of sp³-hybridized carbons (Fsp3) is 0.679. The Kier molecular flexibility index (Phi) is 7.32. The van der Waals surface area contributed by atoms with Crippen molar-refractivity contribution in [3.05, 3.63) is 41.0 Å². The second-order valence-corrected chi connectivity index (χ2v) is 11.5. The van der Waals surface area contributed by atoms with E-state index in [2.05, 4.69) is 61.8 Å². The molecule has 0 aromatic heterocycles. The molecule has 1 aromatic carbocycles. The van der Waals surface area contributed by atoms with Gasteiger partial charge in [0.2, 0.25) is 0 Å². The lowest BCUT2D eigenvalue weighted by Gasteiger charge is -2.42. The van der Waals surface area contributed by atoms with Crippen LogP contribution in [0, 0.1) is 0 Å². The molecule has 0 spiro atoms. The fourth-order valence-electron chi connectivity index (χ4n) is 6.00. The zero-order valence-electron chi connectivity index (χ0n) is 21.2. The molecular formula is C28H44N4O. The molecule has 4 rings (SSSR count). The molecule has 3 N–H and O–H groups in total. The zero-order valence-corrected chi connectivity index (χ0v) is 21.2. The minimum atomic E-state index is 0.204. The Hall–Kier alpha value is -1.69. The molecule has 3 aliphatic rings. The van der Waals surface area contributed by atoms with Crippen LogP contribution >= 0.6 is 0 Å². The lowest BCUT2D eigenvalue weighted by atomic mass is 9.63. The van der Waals surface area contributed by atoms with E-state index >= 15 is 0 Å². The molecule has 182 valence electrons. The van der Waals surface area contributed by atoms with Crippen LogP contribution in [0.5, 0.6) is 0 Å². The van der Waals surface area contributed by atoms with Crippen molar-refractivity contribution in [1.29, 1.82) is 0 Å². The number of piperidine rings is 1. The zero-order chi connectivity index (χ0) is 23.6. The maximum atomic E-state index is 9.40. The van der Waals surface area contributed by atoms with Gasteiger partial charge in [-0.2, -0.15) is 0 Å². The van der Waals surface area contributed by atoms with E-state index in [-0.39, 0.29) is 17.4 Å². The van der Waals surface area contributed by atoms with Gasteiger partial charge >= 0.3 is 0 Å². The number of likely N-dealkylation sites (tertiary alicyclic amines) is 1. The molecule has 0 radical (unpaired) electrons. The van der Waals surface area contributed by atoms with E-state index in [4.69, 9.17) is 10.7 Å². The van der Waals surface area contributed by atoms with Gasteiger partial charge < -0.3 is 15.7 Å². The van der Waals surface area contributed by atoms with Crippen molar-refractivity contribution in [1.82, 2.24) is 9.80 Å². The highest BCUT2D eigenvalue weighted by atomic mass is 16.3. The van der Waals surface area contributed by atoms with Crippen molar-refractivity contribution in [2.24, 2.45) is 10.7 Å². The normalized spacial score (nSPS) is 22.7. The summed E-state index contributed by atoms with van der Waals surface area (Å²) in [6, 6.07) is 7.61. The number of allylic oxidation sites excluding steroid dienone is 1. The molecule has 5 nitrogen and oxygen atoms in total. The quantitative estimate of drug-likeness (QED) is 0.676. The van der Waals surface area contributed by atoms with Gasteiger partial charge in [0.25, 0.3) is 0 Å². The monoisotopic (exact) mass is 452 g/mol. The smallest absolute Gasteiger partial charge is 0.105 e. The van der Waals surface area contributed by atoms with Crippen molar-refractivity contribution in [2.45, 2.75) is 83.1 Å². The first-order valence-corrected chi connectivity index (χ1v) is 13.0. The average molecular weight is 453 g/mol. The molecule has 0 unspecified atom stereocenters. The first-order valence-electron chi connectivity index (χ1n) is 13.0. The summed E-state index contributed by atoms with van der Waals surface area (Å²) in [6.45, 7) is 14.1. The summed E-state index contributed by atoms with van der Waals surface area (Å²) < 4.78 is 0. The van der Waals surface area contributed by atoms with Crippen LogP contribution < -0.4 is 5.73 Å². The average Bonchev–Trinajstić information content (AvgIpc) is 2.82. The van der Waals surface area contributed by atoms with E-state index in [0.29, 0.717) is 12.6 Å². The van der Waals surface area contributed by atoms with Crippen LogP contribution in [0.3, 0.4) is 0 Å². The Morgan fingerprint density at radius 2 is 1.76 bits per heavy atom. The van der Waals surface area contributed by atoms with Crippen LogP contribution in [0.2, 0.25) is 0 Å². The summed E-state index contributed by atoms with van der Waals surface area (Å²) >= 11 is 0. The molecule has 1 fully saturated rings. The van der Waals surface area contributed by atoms with Crippen molar-refractivity contribution >= 4 is 11.5 Å². The number of hydrogen-bond donors (Lipinski definition) is 2. The molecule has 0 bridgehead atoms. The molecule has 5 heteroatoms. The number of aliphatic imine (C=N–C) groups is 1. The van der Waals surface area contributed by atoms with Crippen LogP contribution in [0.25, 0.3) is 5.70 Å². The van der Waals surface area contributed by atoms with Gasteiger partial charge in [0.05, 0.1) is 12.3 Å². The summed E-state index contributed by atoms with van der Waals surface area (Å²) in [6.07, 6.45) is 9.11. The Morgan fingerprint density at radius 1 is 1.06 bits per heavy atom. The number of fused-ring (bicyclic) bond motifs is 1. The third-order valence-electron chi connectivity index (χ3n) is 8.25. The minimum absolute atomic E-state index is 0.204. The number of nitrogens with zero attached hydrogens (tertiary/aromatic N) is 3. The SMILES string of the molecule is CC1(C)CCC(C)(C)c2cc(C3=CCCC(N4CCC(N(CCN)CCO)CC4)=N3)ccc21. The summed E-state index contributed by atoms with van der Waals surface area (Å²) in [5.41, 5.74) is 11.7. The number of aliphatic hydroxyl groups is 1. The largest absolute Gasteiger partial charge is 0.395 e. The highest BCUT2D eigenvalue weighted by molar-refractivity contribution is 5.90. The molecule has 0 amide bonds. The van der Waals surface area contributed by atoms with Gasteiger partial charge in [-0.3, -0.25) is 4.90 Å². The number of benzene rings is 1. The number of hydrogen-bond acceptors (Lipinski definition) is 5.